The first-order valence-corrected chi connectivity index (χ1v) is 3.99. The van der Waals surface area contributed by atoms with Crippen molar-refractivity contribution in [3.8, 4) is 0 Å². The van der Waals surface area contributed by atoms with Crippen LogP contribution in [0.25, 0.3) is 0 Å². The van der Waals surface area contributed by atoms with Gasteiger partial charge < -0.3 is 0 Å². The van der Waals surface area contributed by atoms with Crippen LogP contribution < -0.4 is 5.48 Å². The van der Waals surface area contributed by atoms with Crippen LogP contribution in [0.3, 0.4) is 0 Å². The summed E-state index contributed by atoms with van der Waals surface area (Å²) in [6.07, 6.45) is 11.1. The minimum absolute atomic E-state index is 0.553. The Bertz CT molecular complexity index is 245. The van der Waals surface area contributed by atoms with Crippen molar-refractivity contribution in [1.29, 1.82) is 0 Å². The smallest absolute Gasteiger partial charge is 0.100 e. The van der Waals surface area contributed by atoms with Crippen LogP contribution in [0.1, 0.15) is 6.42 Å². The summed E-state index contributed by atoms with van der Waals surface area (Å²) < 4.78 is 0. The van der Waals surface area contributed by atoms with Crippen molar-refractivity contribution in [3.05, 3.63) is 41.7 Å². The molecule has 0 radical (unpaired) electrons. The normalized spacial score (nSPS) is 18.2. The van der Waals surface area contributed by atoms with Crippen LogP contribution >= 0.6 is 0 Å². The lowest BCUT2D eigenvalue weighted by Crippen LogP contribution is -2.09. The van der Waals surface area contributed by atoms with Gasteiger partial charge in [-0.15, -0.1) is 5.73 Å². The summed E-state index contributed by atoms with van der Waals surface area (Å²) in [5, 5.41) is 0. The second-order valence-corrected chi connectivity index (χ2v) is 2.40. The molecule has 1 N–H and O–H groups in total. The SMILES string of the molecule is CNOCC1=C=C/C=C\CC=C1. The van der Waals surface area contributed by atoms with E-state index in [9.17, 15) is 0 Å². The van der Waals surface area contributed by atoms with Gasteiger partial charge in [-0.05, 0) is 12.5 Å². The number of hydrogen-bond donors (Lipinski definition) is 1. The molecule has 0 atom stereocenters. The molecule has 2 heteroatoms. The summed E-state index contributed by atoms with van der Waals surface area (Å²) >= 11 is 0. The van der Waals surface area contributed by atoms with Crippen molar-refractivity contribution in [3.63, 3.8) is 0 Å². The van der Waals surface area contributed by atoms with Gasteiger partial charge in [0.1, 0.15) is 6.61 Å². The molecule has 0 aromatic carbocycles. The van der Waals surface area contributed by atoms with Crippen LogP contribution in [-0.2, 0) is 4.84 Å². The van der Waals surface area contributed by atoms with Gasteiger partial charge in [-0.3, -0.25) is 4.84 Å². The van der Waals surface area contributed by atoms with Crippen LogP contribution in [0.2, 0.25) is 0 Å². The lowest BCUT2D eigenvalue weighted by Gasteiger charge is -1.99. The molecule has 0 saturated heterocycles. The van der Waals surface area contributed by atoms with Crippen molar-refractivity contribution < 1.29 is 4.84 Å². The fourth-order valence-corrected chi connectivity index (χ4v) is 0.878. The van der Waals surface area contributed by atoms with Gasteiger partial charge in [-0.2, -0.15) is 0 Å². The van der Waals surface area contributed by atoms with Crippen LogP contribution in [-0.4, -0.2) is 13.7 Å². The maximum absolute atomic E-state index is 5.02. The zero-order valence-corrected chi connectivity index (χ0v) is 7.21. The summed E-state index contributed by atoms with van der Waals surface area (Å²) in [5.41, 5.74) is 6.78. The molecule has 0 heterocycles. The molecule has 64 valence electrons. The molecule has 1 aliphatic carbocycles. The molecular weight excluding hydrogens is 150 g/mol. The molecule has 1 aliphatic rings. The minimum Gasteiger partial charge on any atom is -0.297 e. The van der Waals surface area contributed by atoms with E-state index in [0.29, 0.717) is 6.61 Å². The molecular formula is C10H13NO. The van der Waals surface area contributed by atoms with E-state index in [1.54, 1.807) is 7.05 Å². The molecule has 1 rings (SSSR count). The highest BCUT2D eigenvalue weighted by Crippen LogP contribution is 2.00. The summed E-state index contributed by atoms with van der Waals surface area (Å²) in [5.74, 6) is 0. The second kappa shape index (κ2) is 5.56. The number of hydrogen-bond acceptors (Lipinski definition) is 2. The number of allylic oxidation sites excluding steroid dienone is 3. The Kier molecular flexibility index (Phi) is 4.17. The van der Waals surface area contributed by atoms with E-state index in [4.69, 9.17) is 4.84 Å². The summed E-state index contributed by atoms with van der Waals surface area (Å²) in [6.45, 7) is 0.553. The average Bonchev–Trinajstić information content (AvgIpc) is 2.02. The lowest BCUT2D eigenvalue weighted by atomic mass is 10.2. The number of nitrogens with one attached hydrogen (secondary N) is 1. The van der Waals surface area contributed by atoms with Gasteiger partial charge in [-0.25, -0.2) is 5.48 Å². The first-order chi connectivity index (χ1) is 5.93. The van der Waals surface area contributed by atoms with Gasteiger partial charge in [0.2, 0.25) is 0 Å². The van der Waals surface area contributed by atoms with Crippen molar-refractivity contribution in [2.75, 3.05) is 13.7 Å². The summed E-state index contributed by atoms with van der Waals surface area (Å²) in [7, 11) is 1.75. The highest BCUT2D eigenvalue weighted by atomic mass is 16.6. The minimum atomic E-state index is 0.553. The van der Waals surface area contributed by atoms with Gasteiger partial charge in [0.25, 0.3) is 0 Å². The Hall–Kier alpha value is -1.08. The van der Waals surface area contributed by atoms with Gasteiger partial charge >= 0.3 is 0 Å². The molecule has 0 unspecified atom stereocenters. The summed E-state index contributed by atoms with van der Waals surface area (Å²) in [6, 6.07) is 0. The molecule has 0 aromatic rings. The second-order valence-electron chi connectivity index (χ2n) is 2.40. The van der Waals surface area contributed by atoms with Gasteiger partial charge in [0.05, 0.1) is 0 Å². The first-order valence-electron chi connectivity index (χ1n) is 3.99. The Morgan fingerprint density at radius 3 is 3.33 bits per heavy atom. The number of hydroxylamine groups is 1. The van der Waals surface area contributed by atoms with E-state index in [1.807, 2.05) is 18.2 Å². The van der Waals surface area contributed by atoms with Crippen LogP contribution in [0.4, 0.5) is 0 Å². The maximum atomic E-state index is 5.02. The third-order valence-corrected chi connectivity index (χ3v) is 1.46. The molecule has 0 aromatic heterocycles. The van der Waals surface area contributed by atoms with Crippen molar-refractivity contribution in [2.24, 2.45) is 0 Å². The van der Waals surface area contributed by atoms with Gasteiger partial charge in [0, 0.05) is 12.6 Å². The van der Waals surface area contributed by atoms with Crippen molar-refractivity contribution >= 4 is 0 Å². The predicted molar refractivity (Wildman–Crippen MR) is 49.5 cm³/mol. The van der Waals surface area contributed by atoms with Crippen molar-refractivity contribution in [2.45, 2.75) is 6.42 Å². The number of rotatable bonds is 3. The third kappa shape index (κ3) is 3.35. The molecule has 0 amide bonds. The van der Waals surface area contributed by atoms with Gasteiger partial charge in [-0.1, -0.05) is 24.3 Å². The average molecular weight is 163 g/mol. The van der Waals surface area contributed by atoms with Crippen molar-refractivity contribution in [1.82, 2.24) is 5.48 Å². The molecule has 0 fully saturated rings. The van der Waals surface area contributed by atoms with E-state index in [-0.39, 0.29) is 0 Å². The van der Waals surface area contributed by atoms with Crippen LogP contribution in [0, 0.1) is 0 Å². The molecule has 0 aliphatic heterocycles. The summed E-state index contributed by atoms with van der Waals surface area (Å²) in [4.78, 5) is 5.02. The largest absolute Gasteiger partial charge is 0.297 e. The van der Waals surface area contributed by atoms with E-state index in [0.717, 1.165) is 12.0 Å². The molecule has 2 nitrogen and oxygen atoms in total. The van der Waals surface area contributed by atoms with Gasteiger partial charge in [0.15, 0.2) is 0 Å². The maximum Gasteiger partial charge on any atom is 0.100 e. The zero-order valence-electron chi connectivity index (χ0n) is 7.21. The highest BCUT2D eigenvalue weighted by molar-refractivity contribution is 5.23. The Morgan fingerprint density at radius 2 is 2.50 bits per heavy atom. The third-order valence-electron chi connectivity index (χ3n) is 1.46. The van der Waals surface area contributed by atoms with E-state index >= 15 is 0 Å². The fraction of sp³-hybridized carbons (Fsp3) is 0.300. The molecule has 0 spiro atoms. The van der Waals surface area contributed by atoms with Crippen LogP contribution in [0.5, 0.6) is 0 Å². The molecule has 0 bridgehead atoms. The zero-order chi connectivity index (χ0) is 8.65. The van der Waals surface area contributed by atoms with E-state index < -0.39 is 0 Å². The molecule has 12 heavy (non-hydrogen) atoms. The Labute approximate surface area is 72.9 Å². The Balaban J connectivity index is 2.58. The lowest BCUT2D eigenvalue weighted by molar-refractivity contribution is 0.0776. The van der Waals surface area contributed by atoms with Crippen LogP contribution in [0.15, 0.2) is 41.7 Å². The standard InChI is InChI=1S/C10H13NO/c1-11-12-9-10-7-5-3-2-4-6-8-10/h2-3,5-6,8,11H,4,9H2,1H3/b3-2-,8-6?. The first kappa shape index (κ1) is 9.01. The Morgan fingerprint density at radius 1 is 1.58 bits per heavy atom. The van der Waals surface area contributed by atoms with E-state index in [1.165, 1.54) is 0 Å². The fourth-order valence-electron chi connectivity index (χ4n) is 0.878. The quantitative estimate of drug-likeness (QED) is 0.505. The van der Waals surface area contributed by atoms with E-state index in [2.05, 4.69) is 23.4 Å². The molecule has 0 saturated carbocycles. The predicted octanol–water partition coefficient (Wildman–Crippen LogP) is 1.74. The highest BCUT2D eigenvalue weighted by Gasteiger charge is 1.90. The topological polar surface area (TPSA) is 21.3 Å². The monoisotopic (exact) mass is 163 g/mol.